The Kier molecular flexibility index (Phi) is 6.40. The van der Waals surface area contributed by atoms with Gasteiger partial charge in [0.2, 0.25) is 0 Å². The van der Waals surface area contributed by atoms with E-state index in [4.69, 9.17) is 4.74 Å². The van der Waals surface area contributed by atoms with E-state index in [0.717, 1.165) is 31.2 Å². The predicted octanol–water partition coefficient (Wildman–Crippen LogP) is 5.20. The predicted molar refractivity (Wildman–Crippen MR) is 93.0 cm³/mol. The minimum Gasteiger partial charge on any atom is -0.468 e. The number of rotatable bonds is 8. The molecule has 0 bridgehead atoms. The highest BCUT2D eigenvalue weighted by molar-refractivity contribution is 5.82. The fourth-order valence-electron chi connectivity index (χ4n) is 2.74. The topological polar surface area (TPSA) is 26.3 Å². The Morgan fingerprint density at radius 3 is 2.41 bits per heavy atom. The van der Waals surface area contributed by atoms with Crippen molar-refractivity contribution in [2.24, 2.45) is 5.41 Å². The highest BCUT2D eigenvalue weighted by Crippen LogP contribution is 2.33. The molecule has 0 radical (unpaired) electrons. The van der Waals surface area contributed by atoms with Crippen LogP contribution in [0.5, 0.6) is 0 Å². The van der Waals surface area contributed by atoms with E-state index in [1.807, 2.05) is 38.1 Å². The van der Waals surface area contributed by atoms with Gasteiger partial charge >= 0.3 is 5.97 Å². The molecular formula is C20H30O2. The van der Waals surface area contributed by atoms with Crippen molar-refractivity contribution in [1.82, 2.24) is 0 Å². The van der Waals surface area contributed by atoms with Gasteiger partial charge in [0.25, 0.3) is 0 Å². The van der Waals surface area contributed by atoms with Crippen LogP contribution in [-0.2, 0) is 14.9 Å². The van der Waals surface area contributed by atoms with Gasteiger partial charge in [-0.15, -0.1) is 6.58 Å². The first kappa shape index (κ1) is 18.5. The Hall–Kier alpha value is -1.57. The van der Waals surface area contributed by atoms with E-state index in [0.29, 0.717) is 0 Å². The number of methoxy groups -OCH3 is 1. The molecule has 0 amide bonds. The molecule has 2 nitrogen and oxygen atoms in total. The molecule has 1 unspecified atom stereocenters. The fourth-order valence-corrected chi connectivity index (χ4v) is 2.74. The van der Waals surface area contributed by atoms with Gasteiger partial charge in [-0.2, -0.15) is 0 Å². The average Bonchev–Trinajstić information content (AvgIpc) is 2.50. The zero-order chi connectivity index (χ0) is 16.8. The van der Waals surface area contributed by atoms with Crippen molar-refractivity contribution in [3.8, 4) is 0 Å². The lowest BCUT2D eigenvalue weighted by molar-refractivity contribution is -0.147. The molecule has 1 aromatic rings. The summed E-state index contributed by atoms with van der Waals surface area (Å²) in [7, 11) is 1.47. The summed E-state index contributed by atoms with van der Waals surface area (Å²) in [5.74, 6) is -0.152. The lowest BCUT2D eigenvalue weighted by Crippen LogP contribution is -2.34. The number of allylic oxidation sites excluding steroid dienone is 1. The molecular weight excluding hydrogens is 272 g/mol. The Morgan fingerprint density at radius 2 is 1.86 bits per heavy atom. The van der Waals surface area contributed by atoms with Crippen LogP contribution in [0.15, 0.2) is 36.9 Å². The summed E-state index contributed by atoms with van der Waals surface area (Å²) < 4.78 is 5.07. The van der Waals surface area contributed by atoms with Crippen LogP contribution in [0.3, 0.4) is 0 Å². The second-order valence-electron chi connectivity index (χ2n) is 7.09. The van der Waals surface area contributed by atoms with E-state index in [9.17, 15) is 4.79 Å². The molecule has 1 rings (SSSR count). The highest BCUT2D eigenvalue weighted by atomic mass is 16.5. The van der Waals surface area contributed by atoms with E-state index in [2.05, 4.69) is 26.5 Å². The lowest BCUT2D eigenvalue weighted by Gasteiger charge is -2.28. The zero-order valence-corrected chi connectivity index (χ0v) is 14.7. The van der Waals surface area contributed by atoms with Gasteiger partial charge in [-0.1, -0.05) is 62.6 Å². The van der Waals surface area contributed by atoms with Gasteiger partial charge in [0.05, 0.1) is 12.5 Å². The van der Waals surface area contributed by atoms with Crippen molar-refractivity contribution >= 4 is 5.97 Å². The Balaban J connectivity index is 2.81. The van der Waals surface area contributed by atoms with Gasteiger partial charge in [0.1, 0.15) is 0 Å². The average molecular weight is 302 g/mol. The smallest absolute Gasteiger partial charge is 0.315 e. The van der Waals surface area contributed by atoms with E-state index in [1.165, 1.54) is 12.7 Å². The Labute approximate surface area is 135 Å². The van der Waals surface area contributed by atoms with Crippen LogP contribution >= 0.6 is 0 Å². The molecule has 0 N–H and O–H groups in total. The molecule has 0 saturated heterocycles. The van der Waals surface area contributed by atoms with Crippen molar-refractivity contribution < 1.29 is 9.53 Å². The van der Waals surface area contributed by atoms with Crippen molar-refractivity contribution in [1.29, 1.82) is 0 Å². The quantitative estimate of drug-likeness (QED) is 0.375. The van der Waals surface area contributed by atoms with Crippen LogP contribution in [-0.4, -0.2) is 13.1 Å². The zero-order valence-electron chi connectivity index (χ0n) is 14.7. The Morgan fingerprint density at radius 1 is 1.23 bits per heavy atom. The summed E-state index contributed by atoms with van der Waals surface area (Å²) in [6, 6.07) is 8.17. The summed E-state index contributed by atoms with van der Waals surface area (Å²) in [6.07, 6.45) is 5.97. The molecule has 0 aliphatic heterocycles. The van der Waals surface area contributed by atoms with Crippen LogP contribution in [0.25, 0.3) is 0 Å². The van der Waals surface area contributed by atoms with Gasteiger partial charge < -0.3 is 4.74 Å². The monoisotopic (exact) mass is 302 g/mol. The molecule has 1 aromatic carbocycles. The summed E-state index contributed by atoms with van der Waals surface area (Å²) >= 11 is 0. The SMILES string of the molecule is C=CC(C)(C)CCCCC(C)(C(=O)OC)c1cccc(C)c1. The maximum absolute atomic E-state index is 12.4. The molecule has 122 valence electrons. The van der Waals surface area contributed by atoms with Gasteiger partial charge in [0.15, 0.2) is 0 Å². The molecule has 0 aliphatic carbocycles. The Bertz CT molecular complexity index is 516. The molecule has 0 saturated carbocycles. The maximum atomic E-state index is 12.4. The highest BCUT2D eigenvalue weighted by Gasteiger charge is 2.35. The second kappa shape index (κ2) is 7.62. The van der Waals surface area contributed by atoms with E-state index in [-0.39, 0.29) is 11.4 Å². The third-order valence-corrected chi connectivity index (χ3v) is 4.59. The number of esters is 1. The summed E-state index contributed by atoms with van der Waals surface area (Å²) in [6.45, 7) is 12.3. The van der Waals surface area contributed by atoms with Gasteiger partial charge in [-0.25, -0.2) is 0 Å². The van der Waals surface area contributed by atoms with Crippen LogP contribution in [0.1, 0.15) is 57.6 Å². The summed E-state index contributed by atoms with van der Waals surface area (Å²) in [5.41, 5.74) is 1.80. The molecule has 0 heterocycles. The van der Waals surface area contributed by atoms with E-state index in [1.54, 1.807) is 0 Å². The summed E-state index contributed by atoms with van der Waals surface area (Å²) in [5, 5.41) is 0. The van der Waals surface area contributed by atoms with Gasteiger partial charge in [-0.3, -0.25) is 4.79 Å². The fraction of sp³-hybridized carbons (Fsp3) is 0.550. The van der Waals surface area contributed by atoms with E-state index < -0.39 is 5.41 Å². The minimum atomic E-state index is -0.570. The minimum absolute atomic E-state index is 0.152. The first-order valence-corrected chi connectivity index (χ1v) is 8.04. The largest absolute Gasteiger partial charge is 0.468 e. The molecule has 1 atom stereocenters. The van der Waals surface area contributed by atoms with Crippen LogP contribution in [0, 0.1) is 12.3 Å². The number of ether oxygens (including phenoxy) is 1. The molecule has 2 heteroatoms. The number of carbonyl (C=O) groups excluding carboxylic acids is 1. The van der Waals surface area contributed by atoms with Crippen LogP contribution in [0.4, 0.5) is 0 Å². The number of aryl methyl sites for hydroxylation is 1. The molecule has 0 aromatic heterocycles. The number of unbranched alkanes of at least 4 members (excludes halogenated alkanes) is 1. The number of hydrogen-bond donors (Lipinski definition) is 0. The molecule has 22 heavy (non-hydrogen) atoms. The molecule has 0 aliphatic rings. The number of benzene rings is 1. The molecule has 0 spiro atoms. The first-order chi connectivity index (χ1) is 10.2. The maximum Gasteiger partial charge on any atom is 0.315 e. The first-order valence-electron chi connectivity index (χ1n) is 8.04. The van der Waals surface area contributed by atoms with Crippen LogP contribution < -0.4 is 0 Å². The lowest BCUT2D eigenvalue weighted by atomic mass is 9.76. The van der Waals surface area contributed by atoms with Crippen molar-refractivity contribution in [3.05, 3.63) is 48.0 Å². The van der Waals surface area contributed by atoms with Crippen molar-refractivity contribution in [3.63, 3.8) is 0 Å². The normalized spacial score (nSPS) is 14.2. The number of hydrogen-bond acceptors (Lipinski definition) is 2. The van der Waals surface area contributed by atoms with Gasteiger partial charge in [-0.05, 0) is 37.7 Å². The van der Waals surface area contributed by atoms with Crippen molar-refractivity contribution in [2.75, 3.05) is 7.11 Å². The second-order valence-corrected chi connectivity index (χ2v) is 7.09. The summed E-state index contributed by atoms with van der Waals surface area (Å²) in [4.78, 5) is 12.4. The third-order valence-electron chi connectivity index (χ3n) is 4.59. The third kappa shape index (κ3) is 4.72. The van der Waals surface area contributed by atoms with E-state index >= 15 is 0 Å². The number of carbonyl (C=O) groups is 1. The van der Waals surface area contributed by atoms with Gasteiger partial charge in [0, 0.05) is 0 Å². The van der Waals surface area contributed by atoms with Crippen LogP contribution in [0.2, 0.25) is 0 Å². The molecule has 0 fully saturated rings. The van der Waals surface area contributed by atoms with Crippen molar-refractivity contribution in [2.45, 2.75) is 58.8 Å². The standard InChI is InChI=1S/C20H30O2/c1-7-19(3,4)13-8-9-14-20(5,18(21)22-6)17-12-10-11-16(2)15-17/h7,10-12,15H,1,8-9,13-14H2,2-6H3.